The van der Waals surface area contributed by atoms with Crippen molar-refractivity contribution in [1.29, 1.82) is 0 Å². The number of allylic oxidation sites excluding steroid dienone is 1. The molecule has 3 atom stereocenters. The Hall–Kier alpha value is -1.28. The predicted octanol–water partition coefficient (Wildman–Crippen LogP) is 4.32. The monoisotopic (exact) mass is 336 g/mol. The number of hydrogen-bond donors (Lipinski definition) is 1. The number of fused-ring (bicyclic) bond motifs is 1. The third-order valence-corrected chi connectivity index (χ3v) is 8.31. The van der Waals surface area contributed by atoms with E-state index in [0.29, 0.717) is 12.0 Å². The van der Waals surface area contributed by atoms with Crippen molar-refractivity contribution < 1.29 is 0 Å². The van der Waals surface area contributed by atoms with Gasteiger partial charge in [0.05, 0.1) is 0 Å². The SMILES string of the molecule is C=C(CC)C1Cc2c(N)ccc3c2C12CN(CC1CC1)C(C3)C2(C)C. The Bertz CT molecular complexity index is 758. The third-order valence-electron chi connectivity index (χ3n) is 8.31. The van der Waals surface area contributed by atoms with Crippen LogP contribution in [0.1, 0.15) is 56.7 Å². The number of nitrogens with zero attached hydrogens (tertiary/aromatic N) is 1. The van der Waals surface area contributed by atoms with Crippen molar-refractivity contribution >= 4 is 5.69 Å². The van der Waals surface area contributed by atoms with Gasteiger partial charge in [-0.05, 0) is 72.1 Å². The van der Waals surface area contributed by atoms with Crippen LogP contribution in [0.2, 0.25) is 0 Å². The van der Waals surface area contributed by atoms with E-state index in [1.807, 2.05) is 0 Å². The maximum Gasteiger partial charge on any atom is 0.0349 e. The van der Waals surface area contributed by atoms with Gasteiger partial charge in [-0.15, -0.1) is 0 Å². The lowest BCUT2D eigenvalue weighted by Crippen LogP contribution is -2.51. The van der Waals surface area contributed by atoms with Crippen LogP contribution in [0.25, 0.3) is 0 Å². The van der Waals surface area contributed by atoms with Crippen LogP contribution in [0.3, 0.4) is 0 Å². The van der Waals surface area contributed by atoms with Gasteiger partial charge < -0.3 is 5.73 Å². The van der Waals surface area contributed by atoms with E-state index in [1.165, 1.54) is 43.5 Å². The van der Waals surface area contributed by atoms with Crippen LogP contribution >= 0.6 is 0 Å². The molecule has 1 saturated carbocycles. The Balaban J connectivity index is 1.72. The first-order chi connectivity index (χ1) is 11.9. The van der Waals surface area contributed by atoms with Crippen LogP contribution in [0.5, 0.6) is 0 Å². The lowest BCUT2D eigenvalue weighted by atomic mass is 9.53. The second-order valence-corrected chi connectivity index (χ2v) is 9.72. The molecule has 1 aliphatic heterocycles. The van der Waals surface area contributed by atoms with Crippen LogP contribution in [0.15, 0.2) is 24.3 Å². The van der Waals surface area contributed by atoms with Crippen molar-refractivity contribution in [2.45, 2.75) is 64.3 Å². The zero-order valence-corrected chi connectivity index (χ0v) is 16.1. The molecule has 25 heavy (non-hydrogen) atoms. The van der Waals surface area contributed by atoms with Gasteiger partial charge in [0.2, 0.25) is 0 Å². The average molecular weight is 337 g/mol. The summed E-state index contributed by atoms with van der Waals surface area (Å²) in [5, 5.41) is 0. The quantitative estimate of drug-likeness (QED) is 0.655. The molecular weight excluding hydrogens is 304 g/mol. The predicted molar refractivity (Wildman–Crippen MR) is 105 cm³/mol. The van der Waals surface area contributed by atoms with E-state index < -0.39 is 0 Å². The molecule has 2 fully saturated rings. The molecule has 4 aliphatic rings. The molecule has 1 spiro atoms. The Morgan fingerprint density at radius 1 is 1.28 bits per heavy atom. The highest BCUT2D eigenvalue weighted by atomic mass is 15.2. The van der Waals surface area contributed by atoms with Gasteiger partial charge in [-0.3, -0.25) is 4.90 Å². The van der Waals surface area contributed by atoms with Gasteiger partial charge in [-0.1, -0.05) is 39.0 Å². The number of rotatable bonds is 4. The molecule has 5 rings (SSSR count). The maximum atomic E-state index is 6.48. The highest BCUT2D eigenvalue weighted by molar-refractivity contribution is 5.64. The highest BCUT2D eigenvalue weighted by Crippen LogP contribution is 2.66. The molecule has 0 radical (unpaired) electrons. The fourth-order valence-electron chi connectivity index (χ4n) is 6.71. The highest BCUT2D eigenvalue weighted by Gasteiger charge is 2.67. The summed E-state index contributed by atoms with van der Waals surface area (Å²) in [6.45, 7) is 14.4. The van der Waals surface area contributed by atoms with Gasteiger partial charge in [-0.25, -0.2) is 0 Å². The first-order valence-corrected chi connectivity index (χ1v) is 10.2. The minimum absolute atomic E-state index is 0.220. The zero-order chi connectivity index (χ0) is 17.6. The maximum absolute atomic E-state index is 6.48. The van der Waals surface area contributed by atoms with Crippen LogP contribution < -0.4 is 5.73 Å². The first kappa shape index (κ1) is 15.9. The Morgan fingerprint density at radius 3 is 2.72 bits per heavy atom. The van der Waals surface area contributed by atoms with Crippen molar-refractivity contribution in [3.05, 3.63) is 41.0 Å². The van der Waals surface area contributed by atoms with Crippen molar-refractivity contribution in [3.63, 3.8) is 0 Å². The molecule has 2 heteroatoms. The van der Waals surface area contributed by atoms with Gasteiger partial charge in [0.25, 0.3) is 0 Å². The fourth-order valence-corrected chi connectivity index (χ4v) is 6.71. The Morgan fingerprint density at radius 2 is 2.04 bits per heavy atom. The summed E-state index contributed by atoms with van der Waals surface area (Å²) in [4.78, 5) is 2.86. The zero-order valence-electron chi connectivity index (χ0n) is 16.1. The van der Waals surface area contributed by atoms with Crippen molar-refractivity contribution in [3.8, 4) is 0 Å². The summed E-state index contributed by atoms with van der Waals surface area (Å²) in [5.41, 5.74) is 14.1. The molecule has 1 aromatic carbocycles. The largest absolute Gasteiger partial charge is 0.398 e. The molecule has 2 nitrogen and oxygen atoms in total. The van der Waals surface area contributed by atoms with E-state index >= 15 is 0 Å². The minimum atomic E-state index is 0.220. The van der Waals surface area contributed by atoms with Gasteiger partial charge in [0, 0.05) is 30.2 Å². The van der Waals surface area contributed by atoms with Gasteiger partial charge in [0.1, 0.15) is 0 Å². The fraction of sp³-hybridized carbons (Fsp3) is 0.652. The van der Waals surface area contributed by atoms with Crippen LogP contribution in [0, 0.1) is 17.3 Å². The number of likely N-dealkylation sites (tertiary alicyclic amines) is 1. The van der Waals surface area contributed by atoms with Crippen LogP contribution in [-0.2, 0) is 18.3 Å². The van der Waals surface area contributed by atoms with E-state index in [2.05, 4.69) is 44.4 Å². The van der Waals surface area contributed by atoms with Crippen molar-refractivity contribution in [1.82, 2.24) is 4.90 Å². The topological polar surface area (TPSA) is 29.3 Å². The summed E-state index contributed by atoms with van der Waals surface area (Å²) in [6.07, 6.45) is 6.27. The summed E-state index contributed by atoms with van der Waals surface area (Å²) in [5.74, 6) is 1.51. The molecule has 2 bridgehead atoms. The molecule has 1 saturated heterocycles. The van der Waals surface area contributed by atoms with Gasteiger partial charge in [-0.2, -0.15) is 0 Å². The van der Waals surface area contributed by atoms with Crippen LogP contribution in [-0.4, -0.2) is 24.0 Å². The molecule has 1 aromatic rings. The van der Waals surface area contributed by atoms with E-state index in [9.17, 15) is 0 Å². The molecule has 0 amide bonds. The normalized spacial score (nSPS) is 35.0. The van der Waals surface area contributed by atoms with Gasteiger partial charge in [0.15, 0.2) is 0 Å². The van der Waals surface area contributed by atoms with Gasteiger partial charge >= 0.3 is 0 Å². The Labute approximate surface area is 152 Å². The molecule has 1 heterocycles. The number of anilines is 1. The third kappa shape index (κ3) is 1.84. The molecule has 3 unspecified atom stereocenters. The second kappa shape index (κ2) is 4.91. The van der Waals surface area contributed by atoms with E-state index in [0.717, 1.165) is 24.4 Å². The smallest absolute Gasteiger partial charge is 0.0349 e. The Kier molecular flexibility index (Phi) is 3.13. The molecule has 134 valence electrons. The average Bonchev–Trinajstić information content (AvgIpc) is 3.30. The van der Waals surface area contributed by atoms with Crippen molar-refractivity contribution in [2.24, 2.45) is 17.3 Å². The number of nitrogen functional groups attached to an aromatic ring is 1. The summed E-state index contributed by atoms with van der Waals surface area (Å²) >= 11 is 0. The van der Waals surface area contributed by atoms with E-state index in [-0.39, 0.29) is 10.8 Å². The number of hydrogen-bond acceptors (Lipinski definition) is 2. The van der Waals surface area contributed by atoms with E-state index in [1.54, 1.807) is 11.1 Å². The molecule has 3 aliphatic carbocycles. The number of benzene rings is 1. The molecule has 0 aromatic heterocycles. The van der Waals surface area contributed by atoms with Crippen molar-refractivity contribution in [2.75, 3.05) is 18.8 Å². The molecular formula is C23H32N2. The second-order valence-electron chi connectivity index (χ2n) is 9.72. The standard InChI is InChI=1S/C23H32N2/c1-5-14(2)18-11-17-19(24)9-8-16-10-20-22(3,4)23(18,21(16)17)13-25(20)12-15-6-7-15/h8-9,15,18,20H,2,5-7,10-13,24H2,1,3-4H3. The summed E-state index contributed by atoms with van der Waals surface area (Å²) in [6, 6.07) is 5.17. The summed E-state index contributed by atoms with van der Waals surface area (Å²) in [7, 11) is 0. The first-order valence-electron chi connectivity index (χ1n) is 10.2. The minimum Gasteiger partial charge on any atom is -0.398 e. The molecule has 2 N–H and O–H groups in total. The van der Waals surface area contributed by atoms with E-state index in [4.69, 9.17) is 5.73 Å². The summed E-state index contributed by atoms with van der Waals surface area (Å²) < 4.78 is 0. The van der Waals surface area contributed by atoms with Crippen LogP contribution in [0.4, 0.5) is 5.69 Å². The number of nitrogens with two attached hydrogens (primary N) is 1. The lowest BCUT2D eigenvalue weighted by molar-refractivity contribution is 0.118. The lowest BCUT2D eigenvalue weighted by Gasteiger charge is -2.50.